The number of piperidine rings is 1. The molecule has 5 heterocycles. The van der Waals surface area contributed by atoms with Crippen molar-refractivity contribution in [3.05, 3.63) is 92.9 Å². The summed E-state index contributed by atoms with van der Waals surface area (Å²) in [5.41, 5.74) is 3.75. The molecule has 8 rings (SSSR count). The molecule has 0 aliphatic carbocycles. The highest BCUT2D eigenvalue weighted by molar-refractivity contribution is 6.30. The van der Waals surface area contributed by atoms with Crippen LogP contribution in [0.5, 0.6) is 11.5 Å². The number of aromatic nitrogens is 5. The lowest BCUT2D eigenvalue weighted by molar-refractivity contribution is -0.0712. The number of imidazole rings is 1. The molecule has 232 valence electrons. The molecule has 0 radical (unpaired) electrons. The van der Waals surface area contributed by atoms with E-state index in [1.807, 2.05) is 30.3 Å². The van der Waals surface area contributed by atoms with Gasteiger partial charge in [0.15, 0.2) is 17.3 Å². The summed E-state index contributed by atoms with van der Waals surface area (Å²) in [4.78, 5) is 21.8. The number of aromatic amines is 2. The Morgan fingerprint density at radius 2 is 1.93 bits per heavy atom. The molecular weight excluding hydrogens is 599 g/mol. The lowest BCUT2D eigenvalue weighted by atomic mass is 9.88. The molecule has 2 fully saturated rings. The minimum Gasteiger partial charge on any atom is -0.444 e. The third-order valence-corrected chi connectivity index (χ3v) is 9.44. The van der Waals surface area contributed by atoms with Gasteiger partial charge in [0.1, 0.15) is 11.6 Å². The summed E-state index contributed by atoms with van der Waals surface area (Å²) in [5, 5.41) is 6.83. The molecular formula is C33H32ClFN6O4. The van der Waals surface area contributed by atoms with Gasteiger partial charge in [-0.15, -0.1) is 0 Å². The van der Waals surface area contributed by atoms with Crippen LogP contribution in [0, 0.1) is 5.82 Å². The number of nitrogens with one attached hydrogen (secondary N) is 2. The van der Waals surface area contributed by atoms with Crippen molar-refractivity contribution < 1.29 is 18.6 Å². The standard InChI is InChI=1S/C33H32ClFN6O4/c1-33(24-7-6-21(34)16-25(24)35)44-28-4-2-3-23(30(28)45-33)19-9-12-40(13-10-19)18-29-36-26-15-20(31-37-32(42)39-38-31)5-8-27(26)41(29)17-22-11-14-43-22/h2-8,15-16,19,22H,9-14,17-18H2,1H3,(H2,37,38,39,42)/t22-,33?/m0/s1. The van der Waals surface area contributed by atoms with Gasteiger partial charge in [-0.25, -0.2) is 19.3 Å². The average Bonchev–Trinajstić information content (AvgIpc) is 3.69. The summed E-state index contributed by atoms with van der Waals surface area (Å²) in [7, 11) is 0. The third-order valence-electron chi connectivity index (χ3n) is 9.21. The first-order valence-corrected chi connectivity index (χ1v) is 15.7. The van der Waals surface area contributed by atoms with E-state index in [0.717, 1.165) is 73.5 Å². The summed E-state index contributed by atoms with van der Waals surface area (Å²) in [6.07, 6.45) is 3.10. The number of nitrogens with zero attached hydrogens (tertiary/aromatic N) is 4. The van der Waals surface area contributed by atoms with Gasteiger partial charge in [0, 0.05) is 29.7 Å². The second-order valence-corrected chi connectivity index (χ2v) is 12.6. The number of ether oxygens (including phenoxy) is 3. The first kappa shape index (κ1) is 28.3. The molecule has 2 saturated heterocycles. The van der Waals surface area contributed by atoms with Gasteiger partial charge in [0.25, 0.3) is 5.79 Å². The van der Waals surface area contributed by atoms with Crippen molar-refractivity contribution in [2.45, 2.75) is 57.1 Å². The van der Waals surface area contributed by atoms with Crippen molar-refractivity contribution in [2.24, 2.45) is 0 Å². The Hall–Kier alpha value is -4.19. The molecule has 0 saturated carbocycles. The quantitative estimate of drug-likeness (QED) is 0.237. The Balaban J connectivity index is 1.00. The van der Waals surface area contributed by atoms with Crippen molar-refractivity contribution in [2.75, 3.05) is 19.7 Å². The molecule has 10 nitrogen and oxygen atoms in total. The number of rotatable bonds is 7. The van der Waals surface area contributed by atoms with Crippen molar-refractivity contribution in [1.82, 2.24) is 29.6 Å². The number of fused-ring (bicyclic) bond motifs is 2. The fourth-order valence-corrected chi connectivity index (χ4v) is 6.89. The highest BCUT2D eigenvalue weighted by Crippen LogP contribution is 2.50. The maximum Gasteiger partial charge on any atom is 0.340 e. The Bertz CT molecular complexity index is 1960. The van der Waals surface area contributed by atoms with Gasteiger partial charge < -0.3 is 18.8 Å². The Morgan fingerprint density at radius 1 is 1.09 bits per heavy atom. The monoisotopic (exact) mass is 630 g/mol. The molecule has 1 unspecified atom stereocenters. The van der Waals surface area contributed by atoms with Gasteiger partial charge >= 0.3 is 5.69 Å². The number of hydrogen-bond donors (Lipinski definition) is 2. The van der Waals surface area contributed by atoms with Gasteiger partial charge in [-0.2, -0.15) is 5.10 Å². The molecule has 0 spiro atoms. The number of H-pyrrole nitrogens is 2. The zero-order valence-electron chi connectivity index (χ0n) is 24.7. The van der Waals surface area contributed by atoms with E-state index in [4.69, 9.17) is 30.8 Å². The van der Waals surface area contributed by atoms with Crippen LogP contribution in [0.2, 0.25) is 5.02 Å². The molecule has 5 aromatic rings. The zero-order chi connectivity index (χ0) is 30.7. The predicted molar refractivity (Wildman–Crippen MR) is 166 cm³/mol. The van der Waals surface area contributed by atoms with Crippen LogP contribution in [0.1, 0.15) is 49.1 Å². The fraction of sp³-hybridized carbons (Fsp3) is 0.364. The van der Waals surface area contributed by atoms with Crippen LogP contribution in [0.4, 0.5) is 4.39 Å². The average molecular weight is 631 g/mol. The molecule has 0 amide bonds. The van der Waals surface area contributed by atoms with E-state index >= 15 is 0 Å². The molecule has 2 atom stereocenters. The van der Waals surface area contributed by atoms with Crippen molar-refractivity contribution in [3.8, 4) is 22.9 Å². The maximum absolute atomic E-state index is 14.9. The molecule has 2 aromatic heterocycles. The Morgan fingerprint density at radius 3 is 2.67 bits per heavy atom. The number of halogens is 2. The number of benzene rings is 3. The van der Waals surface area contributed by atoms with Gasteiger partial charge in [0.2, 0.25) is 0 Å². The molecule has 3 aliphatic heterocycles. The fourth-order valence-electron chi connectivity index (χ4n) is 6.73. The maximum atomic E-state index is 14.9. The minimum absolute atomic E-state index is 0.184. The normalized spacial score (nSPS) is 21.8. The summed E-state index contributed by atoms with van der Waals surface area (Å²) in [5.74, 6) is 1.32. The van der Waals surface area contributed by atoms with Crippen molar-refractivity contribution >= 4 is 22.6 Å². The molecule has 12 heteroatoms. The molecule has 3 aliphatic rings. The van der Waals surface area contributed by atoms with Crippen LogP contribution in [-0.2, 0) is 23.6 Å². The minimum atomic E-state index is -1.27. The number of likely N-dealkylation sites (tertiary alicyclic amines) is 1. The predicted octanol–water partition coefficient (Wildman–Crippen LogP) is 5.72. The first-order chi connectivity index (χ1) is 21.8. The second kappa shape index (κ2) is 11.0. The van der Waals surface area contributed by atoms with E-state index in [9.17, 15) is 9.18 Å². The first-order valence-electron chi connectivity index (χ1n) is 15.3. The van der Waals surface area contributed by atoms with E-state index in [1.54, 1.807) is 19.1 Å². The van der Waals surface area contributed by atoms with Crippen LogP contribution in [0.3, 0.4) is 0 Å². The summed E-state index contributed by atoms with van der Waals surface area (Å²) >= 11 is 5.99. The SMILES string of the molecule is CC1(c2ccc(Cl)cc2F)Oc2cccc(C3CCN(Cc4nc5cc(-c6n[nH]c(=O)[nH]6)ccc5n4C[C@@H]4CCO4)CC3)c2O1. The van der Waals surface area contributed by atoms with Crippen LogP contribution in [0.15, 0.2) is 59.4 Å². The molecule has 3 aromatic carbocycles. The van der Waals surface area contributed by atoms with E-state index < -0.39 is 11.6 Å². The third kappa shape index (κ3) is 5.18. The van der Waals surface area contributed by atoms with Crippen LogP contribution in [-0.4, -0.2) is 55.4 Å². The van der Waals surface area contributed by atoms with E-state index in [1.165, 1.54) is 6.07 Å². The Kier molecular flexibility index (Phi) is 6.92. The van der Waals surface area contributed by atoms with Crippen LogP contribution < -0.4 is 15.2 Å². The van der Waals surface area contributed by atoms with Gasteiger partial charge in [-0.3, -0.25) is 9.88 Å². The lowest BCUT2D eigenvalue weighted by Gasteiger charge is -2.33. The van der Waals surface area contributed by atoms with Crippen LogP contribution in [0.25, 0.3) is 22.4 Å². The van der Waals surface area contributed by atoms with Gasteiger partial charge in [0.05, 0.1) is 35.8 Å². The van der Waals surface area contributed by atoms with E-state index in [2.05, 4.69) is 30.7 Å². The van der Waals surface area contributed by atoms with Crippen molar-refractivity contribution in [1.29, 1.82) is 0 Å². The molecule has 0 bridgehead atoms. The second-order valence-electron chi connectivity index (χ2n) is 12.1. The Labute approximate surface area is 263 Å². The zero-order valence-corrected chi connectivity index (χ0v) is 25.4. The van der Waals surface area contributed by atoms with E-state index in [0.29, 0.717) is 34.5 Å². The highest BCUT2D eigenvalue weighted by atomic mass is 35.5. The largest absolute Gasteiger partial charge is 0.444 e. The summed E-state index contributed by atoms with van der Waals surface area (Å²) in [6.45, 7) is 5.78. The summed E-state index contributed by atoms with van der Waals surface area (Å²) < 4.78 is 35.5. The topological polar surface area (TPSA) is 110 Å². The van der Waals surface area contributed by atoms with E-state index in [-0.39, 0.29) is 17.7 Å². The number of para-hydroxylation sites is 1. The molecule has 45 heavy (non-hydrogen) atoms. The molecule has 2 N–H and O–H groups in total. The van der Waals surface area contributed by atoms with Gasteiger partial charge in [-0.05, 0) is 80.7 Å². The number of hydrogen-bond acceptors (Lipinski definition) is 7. The van der Waals surface area contributed by atoms with Crippen LogP contribution >= 0.6 is 11.6 Å². The smallest absolute Gasteiger partial charge is 0.340 e. The van der Waals surface area contributed by atoms with Gasteiger partial charge in [-0.1, -0.05) is 23.7 Å². The van der Waals surface area contributed by atoms with Crippen molar-refractivity contribution in [3.63, 3.8) is 0 Å². The lowest BCUT2D eigenvalue weighted by Crippen LogP contribution is -2.35. The summed E-state index contributed by atoms with van der Waals surface area (Å²) in [6, 6.07) is 16.5. The highest BCUT2D eigenvalue weighted by Gasteiger charge is 2.43.